The van der Waals surface area contributed by atoms with Gasteiger partial charge in [0.1, 0.15) is 5.75 Å². The summed E-state index contributed by atoms with van der Waals surface area (Å²) in [6, 6.07) is 6.27. The molecule has 1 aliphatic rings. The Balaban J connectivity index is 2.48. The first kappa shape index (κ1) is 10.5. The maximum absolute atomic E-state index is 6.22. The number of hydrogen-bond donors (Lipinski definition) is 1. The third-order valence-electron chi connectivity index (χ3n) is 3.33. The first-order valence-electron chi connectivity index (χ1n) is 5.48. The predicted octanol–water partition coefficient (Wildman–Crippen LogP) is 2.46. The summed E-state index contributed by atoms with van der Waals surface area (Å²) >= 11 is 0. The molecule has 1 aromatic carbocycles. The highest BCUT2D eigenvalue weighted by Gasteiger charge is 2.34. The van der Waals surface area contributed by atoms with Gasteiger partial charge in [-0.2, -0.15) is 0 Å². The fourth-order valence-electron chi connectivity index (χ4n) is 2.57. The van der Waals surface area contributed by atoms with Crippen molar-refractivity contribution in [1.29, 1.82) is 0 Å². The molecule has 0 amide bonds. The van der Waals surface area contributed by atoms with Crippen molar-refractivity contribution in [2.75, 3.05) is 7.11 Å². The van der Waals surface area contributed by atoms with Crippen molar-refractivity contribution in [2.45, 2.75) is 38.1 Å². The van der Waals surface area contributed by atoms with Crippen molar-refractivity contribution < 1.29 is 4.74 Å². The third kappa shape index (κ3) is 1.74. The molecule has 1 unspecified atom stereocenters. The van der Waals surface area contributed by atoms with E-state index in [2.05, 4.69) is 26.0 Å². The zero-order valence-corrected chi connectivity index (χ0v) is 9.71. The molecule has 0 fully saturated rings. The highest BCUT2D eigenvalue weighted by Crippen LogP contribution is 2.43. The number of rotatable bonds is 2. The summed E-state index contributed by atoms with van der Waals surface area (Å²) in [6.45, 7) is 4.19. The van der Waals surface area contributed by atoms with Crippen molar-refractivity contribution in [3.63, 3.8) is 0 Å². The lowest BCUT2D eigenvalue weighted by Crippen LogP contribution is -2.38. The molecule has 15 heavy (non-hydrogen) atoms. The van der Waals surface area contributed by atoms with E-state index in [1.54, 1.807) is 7.11 Å². The summed E-state index contributed by atoms with van der Waals surface area (Å²) in [7, 11) is 1.73. The van der Waals surface area contributed by atoms with E-state index in [1.165, 1.54) is 11.1 Å². The van der Waals surface area contributed by atoms with Gasteiger partial charge in [0, 0.05) is 17.0 Å². The lowest BCUT2D eigenvalue weighted by Gasteiger charge is -2.28. The van der Waals surface area contributed by atoms with Crippen LogP contribution in [0.15, 0.2) is 18.2 Å². The first-order valence-corrected chi connectivity index (χ1v) is 5.48. The number of methoxy groups -OCH3 is 1. The molecule has 1 aromatic rings. The largest absolute Gasteiger partial charge is 0.496 e. The Hall–Kier alpha value is -1.02. The van der Waals surface area contributed by atoms with Gasteiger partial charge in [0.25, 0.3) is 0 Å². The smallest absolute Gasteiger partial charge is 0.122 e. The average molecular weight is 205 g/mol. The van der Waals surface area contributed by atoms with Crippen molar-refractivity contribution in [3.8, 4) is 5.75 Å². The van der Waals surface area contributed by atoms with Gasteiger partial charge in [-0.15, -0.1) is 0 Å². The number of nitrogens with two attached hydrogens (primary N) is 1. The van der Waals surface area contributed by atoms with Crippen molar-refractivity contribution in [3.05, 3.63) is 29.3 Å². The average Bonchev–Trinajstić information content (AvgIpc) is 2.59. The SMILES string of the molecule is COc1cccc2c1C(C(C)(C)N)CC2. The van der Waals surface area contributed by atoms with Gasteiger partial charge in [0.15, 0.2) is 0 Å². The summed E-state index contributed by atoms with van der Waals surface area (Å²) < 4.78 is 5.43. The molecule has 82 valence electrons. The molecule has 0 heterocycles. The van der Waals surface area contributed by atoms with Gasteiger partial charge in [-0.25, -0.2) is 0 Å². The van der Waals surface area contributed by atoms with E-state index in [0.717, 1.165) is 18.6 Å². The Morgan fingerprint density at radius 3 is 2.73 bits per heavy atom. The van der Waals surface area contributed by atoms with E-state index in [1.807, 2.05) is 6.07 Å². The molecule has 2 nitrogen and oxygen atoms in total. The van der Waals surface area contributed by atoms with Crippen LogP contribution in [0.25, 0.3) is 0 Å². The zero-order chi connectivity index (χ0) is 11.1. The number of ether oxygens (including phenoxy) is 1. The Bertz CT molecular complexity index is 365. The van der Waals surface area contributed by atoms with Crippen LogP contribution in [-0.2, 0) is 6.42 Å². The van der Waals surface area contributed by atoms with Crippen LogP contribution in [0.3, 0.4) is 0 Å². The molecule has 0 saturated heterocycles. The molecule has 2 N–H and O–H groups in total. The van der Waals surface area contributed by atoms with E-state index in [0.29, 0.717) is 5.92 Å². The lowest BCUT2D eigenvalue weighted by atomic mass is 9.83. The normalized spacial score (nSPS) is 20.1. The number of hydrogen-bond acceptors (Lipinski definition) is 2. The molecule has 1 atom stereocenters. The third-order valence-corrected chi connectivity index (χ3v) is 3.33. The van der Waals surface area contributed by atoms with Gasteiger partial charge in [-0.1, -0.05) is 12.1 Å². The summed E-state index contributed by atoms with van der Waals surface area (Å²) in [5, 5.41) is 0. The van der Waals surface area contributed by atoms with Gasteiger partial charge in [0.2, 0.25) is 0 Å². The predicted molar refractivity (Wildman–Crippen MR) is 62.3 cm³/mol. The van der Waals surface area contributed by atoms with Gasteiger partial charge in [-0.3, -0.25) is 0 Å². The quantitative estimate of drug-likeness (QED) is 0.805. The first-order chi connectivity index (χ1) is 7.04. The van der Waals surface area contributed by atoms with Crippen molar-refractivity contribution >= 4 is 0 Å². The Kier molecular flexibility index (Phi) is 2.47. The topological polar surface area (TPSA) is 35.2 Å². The molecule has 2 rings (SSSR count). The maximum atomic E-state index is 6.22. The number of aryl methyl sites for hydroxylation is 1. The second kappa shape index (κ2) is 3.53. The van der Waals surface area contributed by atoms with E-state index in [-0.39, 0.29) is 5.54 Å². The molecular weight excluding hydrogens is 186 g/mol. The highest BCUT2D eigenvalue weighted by atomic mass is 16.5. The second-order valence-corrected chi connectivity index (χ2v) is 4.95. The van der Waals surface area contributed by atoms with Gasteiger partial charge in [-0.05, 0) is 38.3 Å². The van der Waals surface area contributed by atoms with Crippen molar-refractivity contribution in [1.82, 2.24) is 0 Å². The molecule has 0 aromatic heterocycles. The van der Waals surface area contributed by atoms with E-state index < -0.39 is 0 Å². The van der Waals surface area contributed by atoms with Crippen LogP contribution in [0.5, 0.6) is 5.75 Å². The molecule has 0 radical (unpaired) electrons. The van der Waals surface area contributed by atoms with Crippen LogP contribution < -0.4 is 10.5 Å². The Morgan fingerprint density at radius 2 is 2.13 bits per heavy atom. The number of benzene rings is 1. The molecule has 1 aliphatic carbocycles. The highest BCUT2D eigenvalue weighted by molar-refractivity contribution is 5.47. The van der Waals surface area contributed by atoms with Crippen LogP contribution in [0, 0.1) is 0 Å². The Morgan fingerprint density at radius 1 is 1.40 bits per heavy atom. The minimum atomic E-state index is -0.167. The molecule has 2 heteroatoms. The van der Waals surface area contributed by atoms with Gasteiger partial charge >= 0.3 is 0 Å². The van der Waals surface area contributed by atoms with Gasteiger partial charge < -0.3 is 10.5 Å². The summed E-state index contributed by atoms with van der Waals surface area (Å²) in [5.41, 5.74) is 8.78. The monoisotopic (exact) mass is 205 g/mol. The van der Waals surface area contributed by atoms with Crippen LogP contribution in [0.1, 0.15) is 37.3 Å². The maximum Gasteiger partial charge on any atom is 0.122 e. The second-order valence-electron chi connectivity index (χ2n) is 4.95. The van der Waals surface area contributed by atoms with Crippen LogP contribution in [0.2, 0.25) is 0 Å². The minimum absolute atomic E-state index is 0.167. The molecule has 0 aliphatic heterocycles. The minimum Gasteiger partial charge on any atom is -0.496 e. The van der Waals surface area contributed by atoms with E-state index in [4.69, 9.17) is 10.5 Å². The molecule has 0 bridgehead atoms. The molecule has 0 spiro atoms. The fraction of sp³-hybridized carbons (Fsp3) is 0.538. The summed E-state index contributed by atoms with van der Waals surface area (Å²) in [6.07, 6.45) is 2.26. The van der Waals surface area contributed by atoms with Crippen LogP contribution in [0.4, 0.5) is 0 Å². The fourth-order valence-corrected chi connectivity index (χ4v) is 2.57. The molecule has 0 saturated carbocycles. The van der Waals surface area contributed by atoms with Crippen LogP contribution >= 0.6 is 0 Å². The van der Waals surface area contributed by atoms with Gasteiger partial charge in [0.05, 0.1) is 7.11 Å². The lowest BCUT2D eigenvalue weighted by molar-refractivity contribution is 0.375. The molecular formula is C13H19NO. The summed E-state index contributed by atoms with van der Waals surface area (Å²) in [4.78, 5) is 0. The zero-order valence-electron chi connectivity index (χ0n) is 9.71. The van der Waals surface area contributed by atoms with Crippen LogP contribution in [-0.4, -0.2) is 12.6 Å². The Labute approximate surface area is 91.4 Å². The van der Waals surface area contributed by atoms with E-state index in [9.17, 15) is 0 Å². The number of fused-ring (bicyclic) bond motifs is 1. The van der Waals surface area contributed by atoms with E-state index >= 15 is 0 Å². The standard InChI is InChI=1S/C13H19NO/c1-13(2,14)10-8-7-9-5-4-6-11(15-3)12(9)10/h4-6,10H,7-8,14H2,1-3H3. The van der Waals surface area contributed by atoms with Crippen molar-refractivity contribution in [2.24, 2.45) is 5.73 Å². The summed E-state index contributed by atoms with van der Waals surface area (Å²) in [5.74, 6) is 1.41.